The third-order valence-corrected chi connectivity index (χ3v) is 3.36. The van der Waals surface area contributed by atoms with Crippen molar-refractivity contribution >= 4 is 23.2 Å². The molecule has 18 heavy (non-hydrogen) atoms. The number of benzene rings is 1. The van der Waals surface area contributed by atoms with E-state index in [-0.39, 0.29) is 12.0 Å². The van der Waals surface area contributed by atoms with Crippen molar-refractivity contribution in [3.8, 4) is 11.4 Å². The Morgan fingerprint density at radius 3 is 2.56 bits per heavy atom. The predicted octanol–water partition coefficient (Wildman–Crippen LogP) is 3.70. The van der Waals surface area contributed by atoms with E-state index in [9.17, 15) is 0 Å². The summed E-state index contributed by atoms with van der Waals surface area (Å²) in [5.74, 6) is 1.11. The summed E-state index contributed by atoms with van der Waals surface area (Å²) in [6.45, 7) is 3.99. The Hall–Kier alpha value is -1.10. The van der Waals surface area contributed by atoms with Crippen LogP contribution in [-0.2, 0) is 0 Å². The predicted molar refractivity (Wildman–Crippen MR) is 71.5 cm³/mol. The van der Waals surface area contributed by atoms with Gasteiger partial charge in [0, 0.05) is 5.56 Å². The molecule has 1 heterocycles. The Balaban J connectivity index is 2.32. The molecule has 0 saturated carbocycles. The smallest absolute Gasteiger partial charge is 0.244 e. The molecule has 96 valence electrons. The number of halogens is 2. The molecule has 2 aromatic rings. The Labute approximate surface area is 115 Å². The van der Waals surface area contributed by atoms with E-state index in [1.165, 1.54) is 0 Å². The van der Waals surface area contributed by atoms with Crippen molar-refractivity contribution in [2.45, 2.75) is 19.9 Å². The molecular weight excluding hydrogens is 273 g/mol. The van der Waals surface area contributed by atoms with Crippen molar-refractivity contribution in [3.05, 3.63) is 34.1 Å². The summed E-state index contributed by atoms with van der Waals surface area (Å²) >= 11 is 11.8. The summed E-state index contributed by atoms with van der Waals surface area (Å²) in [7, 11) is 0. The molecule has 0 radical (unpaired) electrons. The first-order valence-electron chi connectivity index (χ1n) is 5.53. The zero-order valence-corrected chi connectivity index (χ0v) is 11.5. The minimum atomic E-state index is -0.269. The summed E-state index contributed by atoms with van der Waals surface area (Å²) in [4.78, 5) is 4.27. The highest BCUT2D eigenvalue weighted by Gasteiger charge is 2.18. The molecule has 0 aliphatic heterocycles. The summed E-state index contributed by atoms with van der Waals surface area (Å²) in [6.07, 6.45) is 0. The van der Waals surface area contributed by atoms with Crippen LogP contribution in [0.2, 0.25) is 10.0 Å². The maximum atomic E-state index is 5.94. The Bertz CT molecular complexity index is 554. The quantitative estimate of drug-likeness (QED) is 0.934. The molecule has 6 heteroatoms. The maximum absolute atomic E-state index is 5.94. The first-order chi connectivity index (χ1) is 8.49. The van der Waals surface area contributed by atoms with E-state index >= 15 is 0 Å². The second-order valence-corrected chi connectivity index (χ2v) is 5.17. The van der Waals surface area contributed by atoms with Gasteiger partial charge in [-0.1, -0.05) is 42.2 Å². The molecule has 1 aromatic heterocycles. The summed E-state index contributed by atoms with van der Waals surface area (Å²) < 4.78 is 5.15. The van der Waals surface area contributed by atoms with Crippen LogP contribution in [0.25, 0.3) is 11.4 Å². The summed E-state index contributed by atoms with van der Waals surface area (Å²) in [6, 6.07) is 4.90. The molecule has 0 spiro atoms. The van der Waals surface area contributed by atoms with Gasteiger partial charge >= 0.3 is 0 Å². The Morgan fingerprint density at radius 2 is 1.94 bits per heavy atom. The van der Waals surface area contributed by atoms with Gasteiger partial charge in [0.2, 0.25) is 11.7 Å². The van der Waals surface area contributed by atoms with E-state index in [1.807, 2.05) is 13.8 Å². The molecular formula is C12H13Cl2N3O. The molecule has 4 nitrogen and oxygen atoms in total. The normalized spacial score (nSPS) is 13.0. The van der Waals surface area contributed by atoms with Gasteiger partial charge < -0.3 is 10.3 Å². The van der Waals surface area contributed by atoms with Gasteiger partial charge in [-0.05, 0) is 24.1 Å². The molecule has 0 bridgehead atoms. The second kappa shape index (κ2) is 5.26. The van der Waals surface area contributed by atoms with Gasteiger partial charge in [-0.2, -0.15) is 4.98 Å². The van der Waals surface area contributed by atoms with Gasteiger partial charge in [-0.25, -0.2) is 0 Å². The van der Waals surface area contributed by atoms with Crippen molar-refractivity contribution in [2.24, 2.45) is 11.7 Å². The van der Waals surface area contributed by atoms with E-state index in [4.69, 9.17) is 33.5 Å². The topological polar surface area (TPSA) is 64.9 Å². The SMILES string of the molecule is CC(C)C(N)c1nc(-c2ccc(Cl)c(Cl)c2)no1. The van der Waals surface area contributed by atoms with Crippen LogP contribution in [0.4, 0.5) is 0 Å². The lowest BCUT2D eigenvalue weighted by molar-refractivity contribution is 0.325. The molecule has 0 aliphatic carbocycles. The fraction of sp³-hybridized carbons (Fsp3) is 0.333. The van der Waals surface area contributed by atoms with Crippen LogP contribution in [0.5, 0.6) is 0 Å². The van der Waals surface area contributed by atoms with Crippen LogP contribution >= 0.6 is 23.2 Å². The third-order valence-electron chi connectivity index (χ3n) is 2.62. The zero-order valence-electron chi connectivity index (χ0n) is 10.0. The first kappa shape index (κ1) is 13.3. The molecule has 0 aliphatic rings. The van der Waals surface area contributed by atoms with Crippen molar-refractivity contribution in [1.29, 1.82) is 0 Å². The van der Waals surface area contributed by atoms with Crippen molar-refractivity contribution in [2.75, 3.05) is 0 Å². The van der Waals surface area contributed by atoms with E-state index in [0.717, 1.165) is 5.56 Å². The van der Waals surface area contributed by atoms with E-state index < -0.39 is 0 Å². The molecule has 0 fully saturated rings. The molecule has 0 saturated heterocycles. The Kier molecular flexibility index (Phi) is 3.90. The Morgan fingerprint density at radius 1 is 1.22 bits per heavy atom. The second-order valence-electron chi connectivity index (χ2n) is 4.35. The lowest BCUT2D eigenvalue weighted by atomic mass is 10.1. The van der Waals surface area contributed by atoms with Crippen LogP contribution in [-0.4, -0.2) is 10.1 Å². The van der Waals surface area contributed by atoms with Crippen molar-refractivity contribution < 1.29 is 4.52 Å². The largest absolute Gasteiger partial charge is 0.337 e. The van der Waals surface area contributed by atoms with Gasteiger partial charge in [0.15, 0.2) is 0 Å². The van der Waals surface area contributed by atoms with Crippen molar-refractivity contribution in [3.63, 3.8) is 0 Å². The van der Waals surface area contributed by atoms with Gasteiger partial charge in [-0.15, -0.1) is 0 Å². The van der Waals surface area contributed by atoms with Crippen LogP contribution < -0.4 is 5.73 Å². The minimum absolute atomic E-state index is 0.229. The standard InChI is InChI=1S/C12H13Cl2N3O/c1-6(2)10(15)12-16-11(17-18-12)7-3-4-8(13)9(14)5-7/h3-6,10H,15H2,1-2H3. The maximum Gasteiger partial charge on any atom is 0.244 e. The van der Waals surface area contributed by atoms with Gasteiger partial charge in [-0.3, -0.25) is 0 Å². The number of nitrogens with zero attached hydrogens (tertiary/aromatic N) is 2. The molecule has 1 atom stereocenters. The van der Waals surface area contributed by atoms with Crippen LogP contribution in [0.3, 0.4) is 0 Å². The number of hydrogen-bond donors (Lipinski definition) is 1. The van der Waals surface area contributed by atoms with Crippen LogP contribution in [0.15, 0.2) is 22.7 Å². The van der Waals surface area contributed by atoms with E-state index in [2.05, 4.69) is 10.1 Å². The molecule has 2 N–H and O–H groups in total. The lowest BCUT2D eigenvalue weighted by Gasteiger charge is -2.09. The average molecular weight is 286 g/mol. The van der Waals surface area contributed by atoms with Gasteiger partial charge in [0.1, 0.15) is 0 Å². The number of aromatic nitrogens is 2. The van der Waals surface area contributed by atoms with Gasteiger partial charge in [0.05, 0.1) is 16.1 Å². The third kappa shape index (κ3) is 2.66. The van der Waals surface area contributed by atoms with Crippen LogP contribution in [0.1, 0.15) is 25.8 Å². The van der Waals surface area contributed by atoms with Crippen molar-refractivity contribution in [1.82, 2.24) is 10.1 Å². The fourth-order valence-corrected chi connectivity index (χ4v) is 1.71. The monoisotopic (exact) mass is 285 g/mol. The van der Waals surface area contributed by atoms with E-state index in [0.29, 0.717) is 21.8 Å². The first-order valence-corrected chi connectivity index (χ1v) is 6.29. The average Bonchev–Trinajstić information content (AvgIpc) is 2.81. The van der Waals surface area contributed by atoms with Crippen LogP contribution in [0, 0.1) is 5.92 Å². The number of nitrogens with two attached hydrogens (primary N) is 1. The highest BCUT2D eigenvalue weighted by Crippen LogP contribution is 2.28. The molecule has 2 rings (SSSR count). The molecule has 1 aromatic carbocycles. The zero-order chi connectivity index (χ0) is 13.3. The molecule has 1 unspecified atom stereocenters. The van der Waals surface area contributed by atoms with Gasteiger partial charge in [0.25, 0.3) is 0 Å². The number of rotatable bonds is 3. The molecule has 0 amide bonds. The lowest BCUT2D eigenvalue weighted by Crippen LogP contribution is -2.16. The fourth-order valence-electron chi connectivity index (χ4n) is 1.41. The number of hydrogen-bond acceptors (Lipinski definition) is 4. The van der Waals surface area contributed by atoms with E-state index in [1.54, 1.807) is 18.2 Å². The summed E-state index contributed by atoms with van der Waals surface area (Å²) in [5.41, 5.74) is 6.69. The highest BCUT2D eigenvalue weighted by molar-refractivity contribution is 6.42. The highest BCUT2D eigenvalue weighted by atomic mass is 35.5. The summed E-state index contributed by atoms with van der Waals surface area (Å²) in [5, 5.41) is 4.83. The minimum Gasteiger partial charge on any atom is -0.337 e.